The van der Waals surface area contributed by atoms with Crippen molar-refractivity contribution in [3.63, 3.8) is 0 Å². The lowest BCUT2D eigenvalue weighted by atomic mass is 10.0. The quantitative estimate of drug-likeness (QED) is 0.577. The first-order valence-corrected chi connectivity index (χ1v) is 7.39. The van der Waals surface area contributed by atoms with Crippen LogP contribution in [0.25, 0.3) is 33.8 Å². The zero-order valence-corrected chi connectivity index (χ0v) is 12.8. The SMILES string of the molecule is Cc1ccc(-c2cc(-c3nc4ccc(F)cc4[nH]3)[nH]n2)cc1C. The summed E-state index contributed by atoms with van der Waals surface area (Å²) in [7, 11) is 0. The van der Waals surface area contributed by atoms with Crippen molar-refractivity contribution < 1.29 is 4.39 Å². The van der Waals surface area contributed by atoms with Crippen LogP contribution in [-0.2, 0) is 0 Å². The van der Waals surface area contributed by atoms with Gasteiger partial charge in [0.25, 0.3) is 0 Å². The molecule has 0 bridgehead atoms. The largest absolute Gasteiger partial charge is 0.337 e. The molecule has 0 aliphatic rings. The van der Waals surface area contributed by atoms with Gasteiger partial charge in [0.05, 0.1) is 16.7 Å². The van der Waals surface area contributed by atoms with E-state index in [1.807, 2.05) is 6.07 Å². The highest BCUT2D eigenvalue weighted by atomic mass is 19.1. The summed E-state index contributed by atoms with van der Waals surface area (Å²) in [6.45, 7) is 4.17. The van der Waals surface area contributed by atoms with Crippen LogP contribution in [0.15, 0.2) is 42.5 Å². The van der Waals surface area contributed by atoms with Crippen molar-refractivity contribution in [1.82, 2.24) is 20.2 Å². The normalized spacial score (nSPS) is 11.3. The molecule has 0 fully saturated rings. The van der Waals surface area contributed by atoms with Crippen LogP contribution in [0.4, 0.5) is 4.39 Å². The summed E-state index contributed by atoms with van der Waals surface area (Å²) in [5.41, 5.74) is 6.56. The fourth-order valence-electron chi connectivity index (χ4n) is 2.60. The fourth-order valence-corrected chi connectivity index (χ4v) is 2.60. The zero-order valence-electron chi connectivity index (χ0n) is 12.8. The molecular formula is C18H15FN4. The van der Waals surface area contributed by atoms with Gasteiger partial charge in [-0.2, -0.15) is 5.10 Å². The molecule has 0 saturated carbocycles. The van der Waals surface area contributed by atoms with Crippen molar-refractivity contribution in [2.75, 3.05) is 0 Å². The van der Waals surface area contributed by atoms with E-state index in [0.29, 0.717) is 11.3 Å². The average molecular weight is 306 g/mol. The van der Waals surface area contributed by atoms with E-state index < -0.39 is 0 Å². The van der Waals surface area contributed by atoms with Crippen LogP contribution in [0.2, 0.25) is 0 Å². The van der Waals surface area contributed by atoms with E-state index in [1.54, 1.807) is 6.07 Å². The number of halogens is 1. The van der Waals surface area contributed by atoms with E-state index in [9.17, 15) is 4.39 Å². The van der Waals surface area contributed by atoms with Gasteiger partial charge in [0.1, 0.15) is 11.5 Å². The third-order valence-electron chi connectivity index (χ3n) is 4.08. The molecule has 4 rings (SSSR count). The molecule has 23 heavy (non-hydrogen) atoms. The Balaban J connectivity index is 1.75. The van der Waals surface area contributed by atoms with Gasteiger partial charge in [-0.1, -0.05) is 12.1 Å². The lowest BCUT2D eigenvalue weighted by Crippen LogP contribution is -1.83. The predicted octanol–water partition coefficient (Wildman–Crippen LogP) is 4.38. The molecule has 0 unspecified atom stereocenters. The Morgan fingerprint density at radius 1 is 0.957 bits per heavy atom. The Kier molecular flexibility index (Phi) is 3.01. The van der Waals surface area contributed by atoms with Crippen molar-refractivity contribution in [2.24, 2.45) is 0 Å². The second-order valence-electron chi connectivity index (χ2n) is 5.71. The van der Waals surface area contributed by atoms with E-state index in [2.05, 4.69) is 52.2 Å². The predicted molar refractivity (Wildman–Crippen MR) is 88.5 cm³/mol. The molecule has 2 aromatic heterocycles. The number of imidazole rings is 1. The fraction of sp³-hybridized carbons (Fsp3) is 0.111. The number of aromatic nitrogens is 4. The molecule has 0 saturated heterocycles. The maximum atomic E-state index is 13.3. The van der Waals surface area contributed by atoms with Gasteiger partial charge in [0.15, 0.2) is 5.82 Å². The summed E-state index contributed by atoms with van der Waals surface area (Å²) in [5, 5.41) is 7.35. The van der Waals surface area contributed by atoms with Gasteiger partial charge in [0, 0.05) is 5.56 Å². The molecule has 2 N–H and O–H groups in total. The van der Waals surface area contributed by atoms with Crippen LogP contribution in [0.5, 0.6) is 0 Å². The van der Waals surface area contributed by atoms with Gasteiger partial charge < -0.3 is 4.98 Å². The van der Waals surface area contributed by atoms with Crippen molar-refractivity contribution in [2.45, 2.75) is 13.8 Å². The summed E-state index contributed by atoms with van der Waals surface area (Å²) >= 11 is 0. The molecule has 0 aliphatic carbocycles. The number of H-pyrrole nitrogens is 2. The standard InChI is InChI=1S/C18H15FN4/c1-10-3-4-12(7-11(10)2)15-9-17(23-22-15)18-20-14-6-5-13(19)8-16(14)21-18/h3-9H,1-2H3,(H,20,21)(H,22,23). The van der Waals surface area contributed by atoms with Gasteiger partial charge in [-0.05, 0) is 55.3 Å². The lowest BCUT2D eigenvalue weighted by Gasteiger charge is -2.01. The number of rotatable bonds is 2. The first kappa shape index (κ1) is 13.7. The summed E-state index contributed by atoms with van der Waals surface area (Å²) in [6.07, 6.45) is 0. The third kappa shape index (κ3) is 2.40. The number of aryl methyl sites for hydroxylation is 2. The Labute approximate surface area is 132 Å². The molecule has 0 radical (unpaired) electrons. The third-order valence-corrected chi connectivity index (χ3v) is 4.08. The van der Waals surface area contributed by atoms with Crippen molar-refractivity contribution in [1.29, 1.82) is 0 Å². The van der Waals surface area contributed by atoms with Crippen LogP contribution < -0.4 is 0 Å². The minimum Gasteiger partial charge on any atom is -0.337 e. The van der Waals surface area contributed by atoms with Gasteiger partial charge in [-0.25, -0.2) is 9.37 Å². The van der Waals surface area contributed by atoms with E-state index in [-0.39, 0.29) is 5.82 Å². The molecule has 2 heterocycles. The number of nitrogens with zero attached hydrogens (tertiary/aromatic N) is 2. The minimum absolute atomic E-state index is 0.284. The smallest absolute Gasteiger partial charge is 0.156 e. The number of hydrogen-bond acceptors (Lipinski definition) is 2. The summed E-state index contributed by atoms with van der Waals surface area (Å²) in [6, 6.07) is 12.7. The average Bonchev–Trinajstić information content (AvgIpc) is 3.15. The number of nitrogens with one attached hydrogen (secondary N) is 2. The van der Waals surface area contributed by atoms with Crippen molar-refractivity contribution in [3.05, 3.63) is 59.4 Å². The van der Waals surface area contributed by atoms with Crippen LogP contribution in [0, 0.1) is 19.7 Å². The van der Waals surface area contributed by atoms with E-state index in [0.717, 1.165) is 22.5 Å². The Morgan fingerprint density at radius 2 is 1.83 bits per heavy atom. The highest BCUT2D eigenvalue weighted by Crippen LogP contribution is 2.25. The van der Waals surface area contributed by atoms with Crippen LogP contribution >= 0.6 is 0 Å². The topological polar surface area (TPSA) is 57.4 Å². The van der Waals surface area contributed by atoms with Crippen LogP contribution in [-0.4, -0.2) is 20.2 Å². The highest BCUT2D eigenvalue weighted by molar-refractivity contribution is 5.79. The molecule has 0 aliphatic heterocycles. The molecule has 0 atom stereocenters. The van der Waals surface area contributed by atoms with Gasteiger partial charge in [-0.15, -0.1) is 0 Å². The maximum absolute atomic E-state index is 13.3. The van der Waals surface area contributed by atoms with Gasteiger partial charge in [-0.3, -0.25) is 5.10 Å². The van der Waals surface area contributed by atoms with E-state index in [4.69, 9.17) is 0 Å². The number of benzene rings is 2. The van der Waals surface area contributed by atoms with Crippen LogP contribution in [0.1, 0.15) is 11.1 Å². The molecular weight excluding hydrogens is 291 g/mol. The first-order valence-electron chi connectivity index (χ1n) is 7.39. The highest BCUT2D eigenvalue weighted by Gasteiger charge is 2.11. The second-order valence-corrected chi connectivity index (χ2v) is 5.71. The van der Waals surface area contributed by atoms with E-state index >= 15 is 0 Å². The molecule has 0 amide bonds. The Morgan fingerprint density at radius 3 is 2.65 bits per heavy atom. The number of aromatic amines is 2. The minimum atomic E-state index is -0.284. The van der Waals surface area contributed by atoms with Crippen molar-refractivity contribution >= 4 is 11.0 Å². The van der Waals surface area contributed by atoms with Crippen LogP contribution in [0.3, 0.4) is 0 Å². The Bertz CT molecular complexity index is 1010. The molecule has 5 heteroatoms. The molecule has 114 valence electrons. The number of fused-ring (bicyclic) bond motifs is 1. The van der Waals surface area contributed by atoms with Gasteiger partial charge >= 0.3 is 0 Å². The Hall–Kier alpha value is -2.95. The summed E-state index contributed by atoms with van der Waals surface area (Å²) in [4.78, 5) is 7.58. The molecule has 4 aromatic rings. The zero-order chi connectivity index (χ0) is 16.0. The summed E-state index contributed by atoms with van der Waals surface area (Å²) in [5.74, 6) is 0.362. The van der Waals surface area contributed by atoms with E-state index in [1.165, 1.54) is 23.3 Å². The lowest BCUT2D eigenvalue weighted by molar-refractivity contribution is 0.629. The summed E-state index contributed by atoms with van der Waals surface area (Å²) < 4.78 is 13.3. The molecule has 0 spiro atoms. The van der Waals surface area contributed by atoms with Crippen molar-refractivity contribution in [3.8, 4) is 22.8 Å². The van der Waals surface area contributed by atoms with Gasteiger partial charge in [0.2, 0.25) is 0 Å². The first-order chi connectivity index (χ1) is 11.1. The monoisotopic (exact) mass is 306 g/mol. The molecule has 4 nitrogen and oxygen atoms in total. The molecule has 2 aromatic carbocycles. The number of hydrogen-bond donors (Lipinski definition) is 2. The maximum Gasteiger partial charge on any atom is 0.156 e. The second kappa shape index (κ2) is 5.05.